The van der Waals surface area contributed by atoms with Crippen molar-refractivity contribution in [2.24, 2.45) is 0 Å². The maximum absolute atomic E-state index is 12.1. The molecular formula is C20H27N3O4S. The second-order valence-corrected chi connectivity index (χ2v) is 7.72. The van der Waals surface area contributed by atoms with Gasteiger partial charge in [0.05, 0.1) is 24.4 Å². The third kappa shape index (κ3) is 5.30. The van der Waals surface area contributed by atoms with E-state index >= 15 is 0 Å². The highest BCUT2D eigenvalue weighted by molar-refractivity contribution is 7.08. The molecule has 2 amide bonds. The summed E-state index contributed by atoms with van der Waals surface area (Å²) in [5, 5.41) is 29.4. The predicted molar refractivity (Wildman–Crippen MR) is 110 cm³/mol. The van der Waals surface area contributed by atoms with Gasteiger partial charge in [0.1, 0.15) is 12.2 Å². The molecule has 8 heteroatoms. The van der Waals surface area contributed by atoms with E-state index < -0.39 is 18.3 Å². The zero-order valence-corrected chi connectivity index (χ0v) is 16.6. The molecule has 4 unspecified atom stereocenters. The first-order valence-corrected chi connectivity index (χ1v) is 10.3. The number of hydrogen-bond donors (Lipinski definition) is 4. The fourth-order valence-corrected chi connectivity index (χ4v) is 4.08. The molecule has 1 aromatic carbocycles. The second kappa shape index (κ2) is 9.99. The van der Waals surface area contributed by atoms with Crippen LogP contribution in [0.15, 0.2) is 47.2 Å². The van der Waals surface area contributed by atoms with Crippen LogP contribution in [-0.2, 0) is 11.2 Å². The molecule has 1 aliphatic rings. The van der Waals surface area contributed by atoms with Crippen LogP contribution in [-0.4, -0.2) is 72.2 Å². The van der Waals surface area contributed by atoms with Crippen molar-refractivity contribution in [2.75, 3.05) is 32.1 Å². The van der Waals surface area contributed by atoms with E-state index in [-0.39, 0.29) is 25.2 Å². The van der Waals surface area contributed by atoms with E-state index in [1.807, 2.05) is 47.0 Å². The summed E-state index contributed by atoms with van der Waals surface area (Å²) in [6.07, 6.45) is -1.06. The minimum absolute atomic E-state index is 0.240. The zero-order chi connectivity index (χ0) is 19.9. The maximum Gasteiger partial charge on any atom is 0.319 e. The fraction of sp³-hybridized carbons (Fsp3) is 0.450. The number of hydrogen-bond acceptors (Lipinski definition) is 6. The number of nitrogens with zero attached hydrogens (tertiary/aromatic N) is 1. The first-order chi connectivity index (χ1) is 13.6. The van der Waals surface area contributed by atoms with Crippen LogP contribution in [0, 0.1) is 0 Å². The summed E-state index contributed by atoms with van der Waals surface area (Å²) in [7, 11) is 1.93. The number of nitrogens with one attached hydrogen (secondary N) is 2. The average molecular weight is 406 g/mol. The highest BCUT2D eigenvalue weighted by Crippen LogP contribution is 2.25. The van der Waals surface area contributed by atoms with Gasteiger partial charge < -0.3 is 25.6 Å². The van der Waals surface area contributed by atoms with E-state index in [2.05, 4.69) is 22.8 Å². The Morgan fingerprint density at radius 1 is 1.25 bits per heavy atom. The Morgan fingerprint density at radius 2 is 2.04 bits per heavy atom. The Morgan fingerprint density at radius 3 is 2.71 bits per heavy atom. The van der Waals surface area contributed by atoms with Crippen LogP contribution in [0.1, 0.15) is 5.56 Å². The summed E-state index contributed by atoms with van der Waals surface area (Å²) in [5.41, 5.74) is 1.95. The van der Waals surface area contributed by atoms with Gasteiger partial charge in [0.15, 0.2) is 0 Å². The van der Waals surface area contributed by atoms with Crippen LogP contribution in [0.25, 0.3) is 0 Å². The molecule has 2 aromatic rings. The molecule has 1 aromatic heterocycles. The smallest absolute Gasteiger partial charge is 0.319 e. The Bertz CT molecular complexity index is 728. The van der Waals surface area contributed by atoms with Gasteiger partial charge in [0.25, 0.3) is 0 Å². The number of thiophene rings is 1. The molecule has 1 saturated heterocycles. The Balaban J connectivity index is 1.56. The molecule has 0 saturated carbocycles. The van der Waals surface area contributed by atoms with Crippen molar-refractivity contribution < 1.29 is 19.7 Å². The van der Waals surface area contributed by atoms with Gasteiger partial charge >= 0.3 is 6.03 Å². The van der Waals surface area contributed by atoms with Gasteiger partial charge in [-0.25, -0.2) is 4.79 Å². The van der Waals surface area contributed by atoms with Crippen LogP contribution in [0.3, 0.4) is 0 Å². The number of rotatable bonds is 8. The minimum Gasteiger partial charge on any atom is -0.394 e. The van der Waals surface area contributed by atoms with E-state index in [9.17, 15) is 15.0 Å². The van der Waals surface area contributed by atoms with E-state index in [1.54, 1.807) is 0 Å². The van der Waals surface area contributed by atoms with E-state index in [0.29, 0.717) is 0 Å². The van der Waals surface area contributed by atoms with E-state index in [1.165, 1.54) is 16.9 Å². The molecule has 0 radical (unpaired) electrons. The molecule has 28 heavy (non-hydrogen) atoms. The lowest BCUT2D eigenvalue weighted by atomic mass is 10.0. The summed E-state index contributed by atoms with van der Waals surface area (Å²) in [4.78, 5) is 14.1. The molecular weight excluding hydrogens is 378 g/mol. The molecule has 0 bridgehead atoms. The lowest BCUT2D eigenvalue weighted by Crippen LogP contribution is -2.50. The SMILES string of the molecule is CN(CCc1ccccc1)C1C(CNC(=O)Nc2ccsc2)OC(CO)C1O. The number of aliphatic hydroxyl groups is 2. The van der Waals surface area contributed by atoms with Crippen molar-refractivity contribution in [1.29, 1.82) is 0 Å². The van der Waals surface area contributed by atoms with Crippen molar-refractivity contribution in [2.45, 2.75) is 30.8 Å². The molecule has 4 N–H and O–H groups in total. The number of carbonyl (C=O) groups is 1. The normalized spacial score (nSPS) is 24.4. The number of amides is 2. The van der Waals surface area contributed by atoms with Crippen LogP contribution < -0.4 is 10.6 Å². The van der Waals surface area contributed by atoms with Crippen LogP contribution >= 0.6 is 11.3 Å². The number of likely N-dealkylation sites (N-methyl/N-ethyl adjacent to an activating group) is 1. The Kier molecular flexibility index (Phi) is 7.41. The molecule has 2 heterocycles. The first-order valence-electron chi connectivity index (χ1n) is 9.34. The highest BCUT2D eigenvalue weighted by atomic mass is 32.1. The van der Waals surface area contributed by atoms with Gasteiger partial charge in [0.2, 0.25) is 0 Å². The van der Waals surface area contributed by atoms with Crippen LogP contribution in [0.2, 0.25) is 0 Å². The summed E-state index contributed by atoms with van der Waals surface area (Å²) < 4.78 is 5.81. The van der Waals surface area contributed by atoms with Crippen molar-refractivity contribution in [1.82, 2.24) is 10.2 Å². The number of ether oxygens (including phenoxy) is 1. The van der Waals surface area contributed by atoms with Gasteiger partial charge in [-0.15, -0.1) is 0 Å². The van der Waals surface area contributed by atoms with Gasteiger partial charge in [-0.05, 0) is 30.5 Å². The minimum atomic E-state index is -0.822. The summed E-state index contributed by atoms with van der Waals surface area (Å²) in [6.45, 7) is 0.705. The summed E-state index contributed by atoms with van der Waals surface area (Å²) in [5.74, 6) is 0. The molecule has 7 nitrogen and oxygen atoms in total. The molecule has 4 atom stereocenters. The molecule has 1 aliphatic heterocycles. The van der Waals surface area contributed by atoms with Gasteiger partial charge in [0, 0.05) is 18.5 Å². The Hall–Kier alpha value is -1.97. The van der Waals surface area contributed by atoms with Gasteiger partial charge in [-0.1, -0.05) is 30.3 Å². The highest BCUT2D eigenvalue weighted by Gasteiger charge is 2.45. The molecule has 0 aliphatic carbocycles. The summed E-state index contributed by atoms with van der Waals surface area (Å²) >= 11 is 1.50. The lowest BCUT2D eigenvalue weighted by molar-refractivity contribution is -0.0205. The lowest BCUT2D eigenvalue weighted by Gasteiger charge is -2.30. The van der Waals surface area contributed by atoms with Crippen molar-refractivity contribution in [3.63, 3.8) is 0 Å². The van der Waals surface area contributed by atoms with Crippen molar-refractivity contribution >= 4 is 23.1 Å². The van der Waals surface area contributed by atoms with Crippen LogP contribution in [0.5, 0.6) is 0 Å². The van der Waals surface area contributed by atoms with E-state index in [0.717, 1.165) is 18.7 Å². The third-order valence-corrected chi connectivity index (χ3v) is 5.67. The third-order valence-electron chi connectivity index (χ3n) is 4.99. The maximum atomic E-state index is 12.1. The predicted octanol–water partition coefficient (Wildman–Crippen LogP) is 1.53. The number of benzene rings is 1. The van der Waals surface area contributed by atoms with Crippen molar-refractivity contribution in [3.8, 4) is 0 Å². The number of carbonyl (C=O) groups excluding carboxylic acids is 1. The fourth-order valence-electron chi connectivity index (χ4n) is 3.49. The van der Waals surface area contributed by atoms with Gasteiger partial charge in [-0.3, -0.25) is 4.90 Å². The average Bonchev–Trinajstić information content (AvgIpc) is 3.32. The molecule has 152 valence electrons. The number of anilines is 1. The number of urea groups is 1. The second-order valence-electron chi connectivity index (χ2n) is 6.94. The van der Waals surface area contributed by atoms with Gasteiger partial charge in [-0.2, -0.15) is 11.3 Å². The molecule has 0 spiro atoms. The zero-order valence-electron chi connectivity index (χ0n) is 15.8. The van der Waals surface area contributed by atoms with Crippen LogP contribution in [0.4, 0.5) is 10.5 Å². The summed E-state index contributed by atoms with van der Waals surface area (Å²) in [6, 6.07) is 11.3. The Labute approximate surface area is 168 Å². The van der Waals surface area contributed by atoms with E-state index in [4.69, 9.17) is 4.74 Å². The quantitative estimate of drug-likeness (QED) is 0.534. The monoisotopic (exact) mass is 405 g/mol. The number of aliphatic hydroxyl groups excluding tert-OH is 2. The first kappa shape index (κ1) is 20.8. The molecule has 1 fully saturated rings. The topological polar surface area (TPSA) is 94.1 Å². The molecule has 3 rings (SSSR count). The standard InChI is InChI=1S/C20H27N3O4S/c1-23(9-7-14-5-3-2-4-6-14)18-16(27-17(12-24)19(18)25)11-21-20(26)22-15-8-10-28-13-15/h2-6,8,10,13,16-19,24-25H,7,9,11-12H2,1H3,(H2,21,22,26). The largest absolute Gasteiger partial charge is 0.394 e. The van der Waals surface area contributed by atoms with Crippen molar-refractivity contribution in [3.05, 3.63) is 52.7 Å².